The molecule has 1 heterocycles. The number of likely N-dealkylation sites (tertiary alicyclic amines) is 1. The fourth-order valence-corrected chi connectivity index (χ4v) is 10.6. The zero-order valence-corrected chi connectivity index (χ0v) is 54.0. The Labute approximate surface area is 482 Å². The van der Waals surface area contributed by atoms with Crippen LogP contribution in [-0.4, -0.2) is 60.9 Å². The Hall–Kier alpha value is -2.05. The van der Waals surface area contributed by atoms with Crippen molar-refractivity contribution in [3.63, 3.8) is 0 Å². The molecule has 1 unspecified atom stereocenters. The lowest BCUT2D eigenvalue weighted by atomic mass is 9.83. The van der Waals surface area contributed by atoms with E-state index in [1.807, 2.05) is 32.9 Å². The van der Waals surface area contributed by atoms with Crippen molar-refractivity contribution in [1.29, 1.82) is 0 Å². The van der Waals surface area contributed by atoms with Gasteiger partial charge in [0.25, 0.3) is 0 Å². The van der Waals surface area contributed by atoms with Crippen LogP contribution >= 0.6 is 0 Å². The van der Waals surface area contributed by atoms with E-state index in [1.54, 1.807) is 6.92 Å². The van der Waals surface area contributed by atoms with Gasteiger partial charge in [-0.1, -0.05) is 247 Å². The quantitative estimate of drug-likeness (QED) is 0.0262. The molecule has 6 heteroatoms. The first-order valence-electron chi connectivity index (χ1n) is 33.7. The van der Waals surface area contributed by atoms with Crippen molar-refractivity contribution in [2.24, 2.45) is 22.7 Å². The number of allylic oxidation sites excluding steroid dienone is 4. The van der Waals surface area contributed by atoms with Gasteiger partial charge >= 0.3 is 5.97 Å². The van der Waals surface area contributed by atoms with Crippen LogP contribution in [0.25, 0.3) is 0 Å². The standard InChI is InChI=1S/C52H95NO5.C17H34.C2H6/c1-9-12-15-18-20-27-34-49(35-28-21-19-16-13-10-2)58-50(56)52(7,8)39-30-23-25-32-41-57-44-47-42-46(36-37-48(55)33-26-17-14-11-3)43-53(47)40-31-24-22-29-38-51(5,6)45(4)54;1-4-7-9-11-12-14-16-17(6-3)15-13-10-8-5-2;1-2/h11,14,36-37,46-47,49H,9-10,12-13,15-35,38-44H2,1-8H3;6,17H,3-5,7-16H2,1-2H3;1-2H3/b14-11+,37-36-;;/t46-,47-;;/m0../s1. The second kappa shape index (κ2) is 54.5. The molecular formula is C71H135NO5. The van der Waals surface area contributed by atoms with Crippen molar-refractivity contribution in [1.82, 2.24) is 4.90 Å². The molecule has 454 valence electrons. The average Bonchev–Trinajstić information content (AvgIpc) is 3.81. The number of esters is 1. The van der Waals surface area contributed by atoms with Crippen molar-refractivity contribution in [2.75, 3.05) is 26.3 Å². The predicted molar refractivity (Wildman–Crippen MR) is 339 cm³/mol. The van der Waals surface area contributed by atoms with Crippen LogP contribution in [0.15, 0.2) is 37.0 Å². The Bertz CT molecular complexity index is 1380. The minimum absolute atomic E-state index is 0.00207. The first-order chi connectivity index (χ1) is 37.2. The van der Waals surface area contributed by atoms with Gasteiger partial charge in [0.2, 0.25) is 0 Å². The van der Waals surface area contributed by atoms with Gasteiger partial charge in [-0.25, -0.2) is 0 Å². The molecule has 0 N–H and O–H groups in total. The first kappa shape index (κ1) is 77.0. The molecule has 1 aliphatic heterocycles. The Kier molecular flexibility index (Phi) is 54.5. The van der Waals surface area contributed by atoms with Crippen LogP contribution in [0.3, 0.4) is 0 Å². The number of carbonyl (C=O) groups is 3. The Balaban J connectivity index is 0. The van der Waals surface area contributed by atoms with Crippen molar-refractivity contribution in [3.8, 4) is 0 Å². The Morgan fingerprint density at radius 3 is 1.56 bits per heavy atom. The van der Waals surface area contributed by atoms with Crippen LogP contribution in [0, 0.1) is 22.7 Å². The third-order valence-corrected chi connectivity index (χ3v) is 16.5. The molecule has 0 bridgehead atoms. The molecule has 1 rings (SSSR count). The van der Waals surface area contributed by atoms with E-state index in [0.29, 0.717) is 18.4 Å². The SMILES string of the molecule is C/C=C/CCCC(=O)/C=C\[C@H]1C[C@@H](COCCCCCCC(C)(C)C(=O)OC(CCCCCCCC)CCCCCCCC)N(CCCCCCC(C)(C)C(C)=O)C1.C=CC(CCCCCC)CCCCCCCC.CC. The number of Topliss-reactive ketones (excluding diaryl/α,β-unsaturated/α-hetero) is 1. The number of ketones is 2. The molecule has 1 fully saturated rings. The summed E-state index contributed by atoms with van der Waals surface area (Å²) in [5.74, 6) is 1.70. The summed E-state index contributed by atoms with van der Waals surface area (Å²) in [6.45, 7) is 32.7. The van der Waals surface area contributed by atoms with Crippen molar-refractivity contribution in [3.05, 3.63) is 37.0 Å². The van der Waals surface area contributed by atoms with Crippen LogP contribution in [0.1, 0.15) is 340 Å². The van der Waals surface area contributed by atoms with E-state index in [1.165, 1.54) is 148 Å². The normalized spacial score (nSPS) is 15.4. The van der Waals surface area contributed by atoms with Gasteiger partial charge in [0.1, 0.15) is 11.9 Å². The van der Waals surface area contributed by atoms with Gasteiger partial charge in [-0.3, -0.25) is 19.3 Å². The van der Waals surface area contributed by atoms with Gasteiger partial charge in [-0.05, 0) is 136 Å². The van der Waals surface area contributed by atoms with Crippen LogP contribution in [0.2, 0.25) is 0 Å². The number of hydrogen-bond donors (Lipinski definition) is 0. The molecule has 0 saturated carbocycles. The fraction of sp³-hybridized carbons (Fsp3) is 0.873. The smallest absolute Gasteiger partial charge is 0.311 e. The van der Waals surface area contributed by atoms with E-state index in [0.717, 1.165) is 135 Å². The number of carbonyl (C=O) groups excluding carboxylic acids is 3. The topological polar surface area (TPSA) is 72.9 Å². The molecule has 6 nitrogen and oxygen atoms in total. The lowest BCUT2D eigenvalue weighted by Crippen LogP contribution is -2.34. The van der Waals surface area contributed by atoms with Crippen molar-refractivity contribution in [2.45, 2.75) is 352 Å². The molecule has 3 atom stereocenters. The molecular weight excluding hydrogens is 947 g/mol. The minimum atomic E-state index is -0.448. The molecule has 77 heavy (non-hydrogen) atoms. The number of nitrogens with zero attached hydrogens (tertiary/aromatic N) is 1. The maximum Gasteiger partial charge on any atom is 0.311 e. The van der Waals surface area contributed by atoms with Crippen molar-refractivity contribution >= 4 is 17.5 Å². The summed E-state index contributed by atoms with van der Waals surface area (Å²) in [6.07, 6.45) is 58.8. The average molecular weight is 1080 g/mol. The number of ether oxygens (including phenoxy) is 2. The van der Waals surface area contributed by atoms with Gasteiger partial charge in [0.05, 0.1) is 12.0 Å². The zero-order chi connectivity index (χ0) is 57.7. The van der Waals surface area contributed by atoms with Gasteiger partial charge in [0, 0.05) is 31.0 Å². The highest BCUT2D eigenvalue weighted by Gasteiger charge is 2.32. The van der Waals surface area contributed by atoms with Gasteiger partial charge < -0.3 is 9.47 Å². The molecule has 0 radical (unpaired) electrons. The molecule has 0 aromatic heterocycles. The molecule has 0 aliphatic carbocycles. The summed E-state index contributed by atoms with van der Waals surface area (Å²) in [6, 6.07) is 0.383. The van der Waals surface area contributed by atoms with E-state index in [-0.39, 0.29) is 29.1 Å². The summed E-state index contributed by atoms with van der Waals surface area (Å²) in [5, 5.41) is 0. The first-order valence-corrected chi connectivity index (χ1v) is 33.7. The summed E-state index contributed by atoms with van der Waals surface area (Å²) in [5.41, 5.74) is -0.662. The number of unbranched alkanes of at least 4 members (excludes halogenated alkanes) is 25. The number of hydrogen-bond acceptors (Lipinski definition) is 6. The third kappa shape index (κ3) is 46.3. The maximum atomic E-state index is 13.4. The number of rotatable bonds is 52. The highest BCUT2D eigenvalue weighted by Crippen LogP contribution is 2.30. The van der Waals surface area contributed by atoms with Gasteiger partial charge in [-0.2, -0.15) is 0 Å². The van der Waals surface area contributed by atoms with E-state index < -0.39 is 5.41 Å². The largest absolute Gasteiger partial charge is 0.462 e. The fourth-order valence-electron chi connectivity index (χ4n) is 10.6. The minimum Gasteiger partial charge on any atom is -0.462 e. The molecule has 0 spiro atoms. The van der Waals surface area contributed by atoms with E-state index in [4.69, 9.17) is 9.47 Å². The van der Waals surface area contributed by atoms with Crippen LogP contribution in [0.5, 0.6) is 0 Å². The van der Waals surface area contributed by atoms with Gasteiger partial charge in [0.15, 0.2) is 5.78 Å². The lowest BCUT2D eigenvalue weighted by molar-refractivity contribution is -0.161. The Morgan fingerprint density at radius 2 is 1.05 bits per heavy atom. The van der Waals surface area contributed by atoms with E-state index in [9.17, 15) is 14.4 Å². The lowest BCUT2D eigenvalue weighted by Gasteiger charge is -2.27. The molecule has 1 saturated heterocycles. The van der Waals surface area contributed by atoms with E-state index in [2.05, 4.69) is 85.1 Å². The molecule has 0 aromatic carbocycles. The van der Waals surface area contributed by atoms with Crippen LogP contribution in [0.4, 0.5) is 0 Å². The second-order valence-corrected chi connectivity index (χ2v) is 24.7. The molecule has 0 aromatic rings. The third-order valence-electron chi connectivity index (χ3n) is 16.5. The predicted octanol–water partition coefficient (Wildman–Crippen LogP) is 22.1. The summed E-state index contributed by atoms with van der Waals surface area (Å²) in [7, 11) is 0. The maximum absolute atomic E-state index is 13.4. The van der Waals surface area contributed by atoms with Crippen molar-refractivity contribution < 1.29 is 23.9 Å². The zero-order valence-electron chi connectivity index (χ0n) is 54.0. The summed E-state index contributed by atoms with van der Waals surface area (Å²) >= 11 is 0. The van der Waals surface area contributed by atoms with Crippen LogP contribution in [-0.2, 0) is 23.9 Å². The second-order valence-electron chi connectivity index (χ2n) is 24.7. The summed E-state index contributed by atoms with van der Waals surface area (Å²) in [4.78, 5) is 40.4. The van der Waals surface area contributed by atoms with Gasteiger partial charge in [-0.15, -0.1) is 6.58 Å². The van der Waals surface area contributed by atoms with Crippen LogP contribution < -0.4 is 0 Å². The highest BCUT2D eigenvalue weighted by atomic mass is 16.5. The molecule has 0 amide bonds. The van der Waals surface area contributed by atoms with E-state index >= 15 is 0 Å². The monoisotopic (exact) mass is 1080 g/mol. The highest BCUT2D eigenvalue weighted by molar-refractivity contribution is 5.89. The summed E-state index contributed by atoms with van der Waals surface area (Å²) < 4.78 is 12.6. The molecule has 1 aliphatic rings. The Morgan fingerprint density at radius 1 is 0.597 bits per heavy atom.